The molecule has 1 unspecified atom stereocenters. The van der Waals surface area contributed by atoms with Crippen molar-refractivity contribution in [2.75, 3.05) is 0 Å². The van der Waals surface area contributed by atoms with Crippen molar-refractivity contribution in [3.05, 3.63) is 0 Å². The second-order valence-electron chi connectivity index (χ2n) is 1.86. The maximum absolute atomic E-state index is 10.3. The molecular formula is C6H9NO2S. The standard InChI is InChI=1S/C6H9NO2S/c1-2-3-5(6(8)9)7-4-10/h5H,2-3H2,1H3,(H,8,9). The van der Waals surface area contributed by atoms with Crippen molar-refractivity contribution in [3.8, 4) is 0 Å². The molecule has 0 saturated heterocycles. The van der Waals surface area contributed by atoms with Gasteiger partial charge in [0.2, 0.25) is 0 Å². The molecule has 0 spiro atoms. The van der Waals surface area contributed by atoms with Gasteiger partial charge in [0.1, 0.15) is 0 Å². The first-order chi connectivity index (χ1) is 4.72. The summed E-state index contributed by atoms with van der Waals surface area (Å²) in [6, 6.07) is -0.692. The highest BCUT2D eigenvalue weighted by atomic mass is 32.1. The van der Waals surface area contributed by atoms with Gasteiger partial charge >= 0.3 is 5.97 Å². The summed E-state index contributed by atoms with van der Waals surface area (Å²) in [5.41, 5.74) is 0. The minimum absolute atomic E-state index is 0.527. The predicted octanol–water partition coefficient (Wildman–Crippen LogP) is 1.34. The SMILES string of the molecule is CCCC(N=C=S)C(=O)O. The second-order valence-corrected chi connectivity index (χ2v) is 2.05. The van der Waals surface area contributed by atoms with Crippen molar-refractivity contribution in [2.24, 2.45) is 4.99 Å². The third-order valence-electron chi connectivity index (χ3n) is 1.06. The molecule has 10 heavy (non-hydrogen) atoms. The highest BCUT2D eigenvalue weighted by Gasteiger charge is 2.12. The third-order valence-corrected chi connectivity index (χ3v) is 1.16. The third kappa shape index (κ3) is 3.33. The molecule has 56 valence electrons. The summed E-state index contributed by atoms with van der Waals surface area (Å²) >= 11 is 4.28. The van der Waals surface area contributed by atoms with E-state index in [1.54, 1.807) is 0 Å². The van der Waals surface area contributed by atoms with Gasteiger partial charge in [-0.15, -0.1) is 0 Å². The fraction of sp³-hybridized carbons (Fsp3) is 0.667. The topological polar surface area (TPSA) is 49.7 Å². The molecule has 0 aliphatic rings. The van der Waals surface area contributed by atoms with Crippen molar-refractivity contribution >= 4 is 23.3 Å². The van der Waals surface area contributed by atoms with Crippen LogP contribution < -0.4 is 0 Å². The van der Waals surface area contributed by atoms with E-state index in [1.165, 1.54) is 0 Å². The zero-order valence-electron chi connectivity index (χ0n) is 5.70. The Morgan fingerprint density at radius 3 is 2.80 bits per heavy atom. The van der Waals surface area contributed by atoms with E-state index in [1.807, 2.05) is 6.92 Å². The summed E-state index contributed by atoms with van der Waals surface area (Å²) in [6.45, 7) is 1.90. The van der Waals surface area contributed by atoms with Crippen LogP contribution in [0.5, 0.6) is 0 Å². The predicted molar refractivity (Wildman–Crippen MR) is 41.4 cm³/mol. The normalized spacial score (nSPS) is 11.7. The first-order valence-corrected chi connectivity index (χ1v) is 3.43. The van der Waals surface area contributed by atoms with Crippen LogP contribution in [-0.2, 0) is 4.79 Å². The molecule has 0 heterocycles. The van der Waals surface area contributed by atoms with Crippen LogP contribution in [0.2, 0.25) is 0 Å². The summed E-state index contributed by atoms with van der Waals surface area (Å²) in [5.74, 6) is -0.931. The number of thiocarbonyl (C=S) groups is 1. The zero-order valence-corrected chi connectivity index (χ0v) is 6.52. The van der Waals surface area contributed by atoms with Crippen molar-refractivity contribution in [1.82, 2.24) is 0 Å². The van der Waals surface area contributed by atoms with E-state index >= 15 is 0 Å². The number of carboxylic acid groups (broad SMARTS) is 1. The Kier molecular flexibility index (Phi) is 4.72. The van der Waals surface area contributed by atoms with Gasteiger partial charge in [-0.25, -0.2) is 9.79 Å². The van der Waals surface area contributed by atoms with Gasteiger partial charge in [0, 0.05) is 0 Å². The highest BCUT2D eigenvalue weighted by Crippen LogP contribution is 2.00. The Hall–Kier alpha value is -0.730. The quantitative estimate of drug-likeness (QED) is 0.497. The summed E-state index contributed by atoms with van der Waals surface area (Å²) in [7, 11) is 0. The second kappa shape index (κ2) is 5.09. The van der Waals surface area contributed by atoms with Crippen LogP contribution >= 0.6 is 12.2 Å². The zero-order chi connectivity index (χ0) is 7.98. The number of carboxylic acids is 1. The molecule has 0 aromatic rings. The number of aliphatic imine (C=N–C) groups is 1. The van der Waals surface area contributed by atoms with Crippen LogP contribution in [0.15, 0.2) is 4.99 Å². The molecule has 1 N–H and O–H groups in total. The van der Waals surface area contributed by atoms with E-state index in [2.05, 4.69) is 22.4 Å². The van der Waals surface area contributed by atoms with Gasteiger partial charge in [-0.3, -0.25) is 0 Å². The number of hydrogen-bond acceptors (Lipinski definition) is 3. The van der Waals surface area contributed by atoms with Crippen LogP contribution in [0, 0.1) is 0 Å². The molecule has 0 saturated carbocycles. The summed E-state index contributed by atoms with van der Waals surface area (Å²) in [4.78, 5) is 13.8. The van der Waals surface area contributed by atoms with Crippen molar-refractivity contribution in [2.45, 2.75) is 25.8 Å². The van der Waals surface area contributed by atoms with Gasteiger partial charge in [0.15, 0.2) is 6.04 Å². The largest absolute Gasteiger partial charge is 0.480 e. The summed E-state index contributed by atoms with van der Waals surface area (Å²) in [6.07, 6.45) is 1.32. The minimum atomic E-state index is -0.931. The van der Waals surface area contributed by atoms with Crippen LogP contribution in [-0.4, -0.2) is 22.3 Å². The molecule has 0 aliphatic carbocycles. The lowest BCUT2D eigenvalue weighted by molar-refractivity contribution is -0.138. The number of rotatable bonds is 4. The van der Waals surface area contributed by atoms with E-state index in [0.717, 1.165) is 6.42 Å². The molecule has 3 nitrogen and oxygen atoms in total. The van der Waals surface area contributed by atoms with E-state index in [-0.39, 0.29) is 0 Å². The minimum Gasteiger partial charge on any atom is -0.480 e. The van der Waals surface area contributed by atoms with Crippen LogP contribution in [0.4, 0.5) is 0 Å². The molecule has 0 aromatic heterocycles. The lowest BCUT2D eigenvalue weighted by atomic mass is 10.2. The van der Waals surface area contributed by atoms with E-state index in [9.17, 15) is 4.79 Å². The molecule has 0 rings (SSSR count). The lowest BCUT2D eigenvalue weighted by Crippen LogP contribution is -2.16. The van der Waals surface area contributed by atoms with Gasteiger partial charge in [-0.05, 0) is 18.6 Å². The first-order valence-electron chi connectivity index (χ1n) is 3.02. The number of isothiocyanates is 1. The maximum atomic E-state index is 10.3. The Balaban J connectivity index is 3.97. The molecule has 0 aromatic carbocycles. The molecule has 0 fully saturated rings. The molecule has 0 bridgehead atoms. The Morgan fingerprint density at radius 1 is 1.90 bits per heavy atom. The monoisotopic (exact) mass is 159 g/mol. The summed E-state index contributed by atoms with van der Waals surface area (Å²) in [5, 5.41) is 10.5. The van der Waals surface area contributed by atoms with Crippen molar-refractivity contribution < 1.29 is 9.90 Å². The Morgan fingerprint density at radius 2 is 2.50 bits per heavy atom. The van der Waals surface area contributed by atoms with Gasteiger partial charge in [-0.2, -0.15) is 0 Å². The number of aliphatic carboxylic acids is 1. The molecule has 1 atom stereocenters. The van der Waals surface area contributed by atoms with Crippen LogP contribution in [0.25, 0.3) is 0 Å². The Labute approximate surface area is 64.8 Å². The fourth-order valence-electron chi connectivity index (χ4n) is 0.580. The lowest BCUT2D eigenvalue weighted by Gasteiger charge is -2.00. The van der Waals surface area contributed by atoms with Gasteiger partial charge in [-0.1, -0.05) is 13.3 Å². The number of carbonyl (C=O) groups is 1. The molecule has 0 aliphatic heterocycles. The highest BCUT2D eigenvalue weighted by molar-refractivity contribution is 7.78. The summed E-state index contributed by atoms with van der Waals surface area (Å²) < 4.78 is 0. The van der Waals surface area contributed by atoms with E-state index in [4.69, 9.17) is 5.11 Å². The number of nitrogens with zero attached hydrogens (tertiary/aromatic N) is 1. The molecule has 0 radical (unpaired) electrons. The average molecular weight is 159 g/mol. The first kappa shape index (κ1) is 9.27. The molecular weight excluding hydrogens is 150 g/mol. The average Bonchev–Trinajstić information content (AvgIpc) is 1.87. The van der Waals surface area contributed by atoms with Crippen molar-refractivity contribution in [3.63, 3.8) is 0 Å². The van der Waals surface area contributed by atoms with Gasteiger partial charge in [0.05, 0.1) is 5.16 Å². The molecule has 0 amide bonds. The maximum Gasteiger partial charge on any atom is 0.329 e. The number of hydrogen-bond donors (Lipinski definition) is 1. The van der Waals surface area contributed by atoms with Gasteiger partial charge < -0.3 is 5.11 Å². The molecule has 4 heteroatoms. The fourth-order valence-corrected chi connectivity index (χ4v) is 0.708. The van der Waals surface area contributed by atoms with Crippen LogP contribution in [0.3, 0.4) is 0 Å². The van der Waals surface area contributed by atoms with E-state index < -0.39 is 12.0 Å². The van der Waals surface area contributed by atoms with Gasteiger partial charge in [0.25, 0.3) is 0 Å². The van der Waals surface area contributed by atoms with E-state index in [0.29, 0.717) is 6.42 Å². The van der Waals surface area contributed by atoms with Crippen LogP contribution in [0.1, 0.15) is 19.8 Å². The Bertz CT molecular complexity index is 161. The van der Waals surface area contributed by atoms with Crippen molar-refractivity contribution in [1.29, 1.82) is 0 Å². The smallest absolute Gasteiger partial charge is 0.329 e.